The van der Waals surface area contributed by atoms with Crippen LogP contribution in [0.15, 0.2) is 79.1 Å². The van der Waals surface area contributed by atoms with Crippen LogP contribution in [-0.4, -0.2) is 26.2 Å². The van der Waals surface area contributed by atoms with Gasteiger partial charge in [-0.1, -0.05) is 59.3 Å². The molecule has 0 amide bonds. The minimum Gasteiger partial charge on any atom is -0.376 e. The molecule has 1 saturated carbocycles. The van der Waals surface area contributed by atoms with E-state index in [0.717, 1.165) is 12.8 Å². The van der Waals surface area contributed by atoms with Crippen molar-refractivity contribution in [2.45, 2.75) is 43.6 Å². The number of nitriles is 1. The summed E-state index contributed by atoms with van der Waals surface area (Å²) in [6, 6.07) is 18.1. The Morgan fingerprint density at radius 2 is 1.77 bits per heavy atom. The van der Waals surface area contributed by atoms with E-state index in [1.807, 2.05) is 12.3 Å². The summed E-state index contributed by atoms with van der Waals surface area (Å²) in [5, 5.41) is 25.5. The number of fused-ring (bicyclic) bond motifs is 1. The highest BCUT2D eigenvalue weighted by Crippen LogP contribution is 2.39. The highest BCUT2D eigenvalue weighted by molar-refractivity contribution is 6.35. The van der Waals surface area contributed by atoms with E-state index in [0.29, 0.717) is 39.5 Å². The van der Waals surface area contributed by atoms with Gasteiger partial charge < -0.3 is 10.6 Å². The number of rotatable bonds is 9. The number of aromatic nitrogens is 4. The van der Waals surface area contributed by atoms with Gasteiger partial charge in [-0.25, -0.2) is 9.07 Å². The summed E-state index contributed by atoms with van der Waals surface area (Å²) < 4.78 is 56.6. The van der Waals surface area contributed by atoms with Gasteiger partial charge >= 0.3 is 6.18 Å². The molecule has 0 spiro atoms. The van der Waals surface area contributed by atoms with E-state index in [2.05, 4.69) is 25.9 Å². The Balaban J connectivity index is 1.43. The third kappa shape index (κ3) is 6.39. The van der Waals surface area contributed by atoms with Crippen molar-refractivity contribution in [3.63, 3.8) is 0 Å². The van der Waals surface area contributed by atoms with Crippen molar-refractivity contribution >= 4 is 33.9 Å². The number of benzene rings is 3. The summed E-state index contributed by atoms with van der Waals surface area (Å²) >= 11 is 6.67. The van der Waals surface area contributed by atoms with E-state index in [4.69, 9.17) is 11.6 Å². The Morgan fingerprint density at radius 3 is 2.44 bits per heavy atom. The summed E-state index contributed by atoms with van der Waals surface area (Å²) in [7, 11) is 0. The van der Waals surface area contributed by atoms with Crippen LogP contribution in [0.5, 0.6) is 0 Å². The second-order valence-electron chi connectivity index (χ2n) is 10.4. The number of nitrogens with one attached hydrogen (secondary N) is 2. The zero-order chi connectivity index (χ0) is 30.1. The number of halogens is 5. The Morgan fingerprint density at radius 1 is 1.02 bits per heavy atom. The second-order valence-corrected chi connectivity index (χ2v) is 10.8. The first-order chi connectivity index (χ1) is 20.7. The lowest BCUT2D eigenvalue weighted by atomic mass is 10.0. The lowest BCUT2D eigenvalue weighted by Gasteiger charge is -2.24. The molecule has 1 aliphatic carbocycles. The SMILES string of the molecule is N#Cc1cnc2c(Cl)cc(NC(c3ccc(F)cc3)c3cn(C4CC4)nn3)cc2c1NC(CC(F)(F)F)c1ccccc1. The molecule has 0 aliphatic heterocycles. The molecule has 2 aromatic heterocycles. The topological polar surface area (TPSA) is 91.5 Å². The van der Waals surface area contributed by atoms with Gasteiger partial charge in [-0.2, -0.15) is 18.4 Å². The van der Waals surface area contributed by atoms with Gasteiger partial charge in [0.15, 0.2) is 0 Å². The number of pyridine rings is 1. The van der Waals surface area contributed by atoms with Gasteiger partial charge in [0.05, 0.1) is 52.5 Å². The first-order valence-electron chi connectivity index (χ1n) is 13.5. The average molecular weight is 606 g/mol. The molecule has 5 aromatic rings. The second kappa shape index (κ2) is 11.5. The fourth-order valence-electron chi connectivity index (χ4n) is 5.02. The fourth-order valence-corrected chi connectivity index (χ4v) is 5.28. The van der Waals surface area contributed by atoms with E-state index in [1.54, 1.807) is 59.3 Å². The molecule has 6 rings (SSSR count). The molecule has 2 atom stereocenters. The molecule has 1 aliphatic rings. The van der Waals surface area contributed by atoms with E-state index < -0.39 is 30.5 Å². The normalized spacial score (nSPS) is 14.7. The summed E-state index contributed by atoms with van der Waals surface area (Å²) in [5.74, 6) is -0.393. The van der Waals surface area contributed by atoms with E-state index >= 15 is 0 Å². The van der Waals surface area contributed by atoms with Crippen molar-refractivity contribution in [3.8, 4) is 6.07 Å². The summed E-state index contributed by atoms with van der Waals surface area (Å²) in [4.78, 5) is 4.33. The molecular formula is C31H24ClF4N7. The molecular weight excluding hydrogens is 582 g/mol. The summed E-state index contributed by atoms with van der Waals surface area (Å²) in [6.07, 6.45) is -0.489. The van der Waals surface area contributed by atoms with Crippen LogP contribution in [0.25, 0.3) is 10.9 Å². The molecule has 0 radical (unpaired) electrons. The van der Waals surface area contributed by atoms with E-state index in [1.165, 1.54) is 18.3 Å². The zero-order valence-electron chi connectivity index (χ0n) is 22.5. The first-order valence-corrected chi connectivity index (χ1v) is 13.9. The number of hydrogen-bond acceptors (Lipinski definition) is 6. The smallest absolute Gasteiger partial charge is 0.376 e. The standard InChI is InChI=1S/C31H24ClF4N7/c32-25-13-22(39-29(19-6-8-21(33)9-7-19)27-17-43(42-41-27)23-10-11-23)12-24-28(20(15-37)16-38-30(24)25)40-26(14-31(34,35)36)18-4-2-1-3-5-18/h1-9,12-13,16-17,23,26,29,39H,10-11,14H2,(H,38,40). The van der Waals surface area contributed by atoms with Crippen molar-refractivity contribution < 1.29 is 17.6 Å². The van der Waals surface area contributed by atoms with Gasteiger partial charge in [0.25, 0.3) is 0 Å². The molecule has 2 N–H and O–H groups in total. The van der Waals surface area contributed by atoms with Crippen molar-refractivity contribution in [3.05, 3.63) is 112 Å². The van der Waals surface area contributed by atoms with Crippen molar-refractivity contribution in [2.24, 2.45) is 0 Å². The van der Waals surface area contributed by atoms with Crippen LogP contribution in [0.4, 0.5) is 28.9 Å². The van der Waals surface area contributed by atoms with Gasteiger partial charge in [-0.3, -0.25) is 4.98 Å². The maximum Gasteiger partial charge on any atom is 0.391 e. The summed E-state index contributed by atoms with van der Waals surface area (Å²) in [6.45, 7) is 0. The molecule has 1 fully saturated rings. The fraction of sp³-hybridized carbons (Fsp3) is 0.226. The Hall–Kier alpha value is -4.69. The van der Waals surface area contributed by atoms with Gasteiger partial charge in [0, 0.05) is 17.3 Å². The van der Waals surface area contributed by atoms with Crippen LogP contribution < -0.4 is 10.6 Å². The molecule has 2 unspecified atom stereocenters. The first kappa shape index (κ1) is 28.4. The molecule has 43 heavy (non-hydrogen) atoms. The molecule has 3 aromatic carbocycles. The van der Waals surface area contributed by atoms with Gasteiger partial charge in [0.2, 0.25) is 0 Å². The van der Waals surface area contributed by atoms with Gasteiger partial charge in [-0.15, -0.1) is 5.10 Å². The highest BCUT2D eigenvalue weighted by Gasteiger charge is 2.33. The third-order valence-corrected chi connectivity index (χ3v) is 7.55. The van der Waals surface area contributed by atoms with Crippen LogP contribution in [-0.2, 0) is 0 Å². The minimum absolute atomic E-state index is 0.0614. The van der Waals surface area contributed by atoms with Crippen LogP contribution in [0.3, 0.4) is 0 Å². The molecule has 0 saturated heterocycles. The summed E-state index contributed by atoms with van der Waals surface area (Å²) in [5.41, 5.74) is 2.73. The predicted octanol–water partition coefficient (Wildman–Crippen LogP) is 8.13. The third-order valence-electron chi connectivity index (χ3n) is 7.26. The van der Waals surface area contributed by atoms with Crippen LogP contribution in [0, 0.1) is 17.1 Å². The van der Waals surface area contributed by atoms with Crippen LogP contribution in [0.1, 0.15) is 59.8 Å². The Bertz CT molecular complexity index is 1800. The van der Waals surface area contributed by atoms with Gasteiger partial charge in [-0.05, 0) is 48.2 Å². The Labute approximate surface area is 249 Å². The average Bonchev–Trinajstić information content (AvgIpc) is 3.72. The molecule has 0 bridgehead atoms. The number of nitrogens with zero attached hydrogens (tertiary/aromatic N) is 5. The predicted molar refractivity (Wildman–Crippen MR) is 155 cm³/mol. The monoisotopic (exact) mass is 605 g/mol. The largest absolute Gasteiger partial charge is 0.391 e. The highest BCUT2D eigenvalue weighted by atomic mass is 35.5. The molecule has 12 heteroatoms. The minimum atomic E-state index is -4.48. The van der Waals surface area contributed by atoms with E-state index in [9.17, 15) is 22.8 Å². The number of anilines is 2. The lowest BCUT2D eigenvalue weighted by Crippen LogP contribution is -2.21. The van der Waals surface area contributed by atoms with Crippen LogP contribution >= 0.6 is 11.6 Å². The Kier molecular flexibility index (Phi) is 7.62. The maximum absolute atomic E-state index is 13.8. The molecule has 2 heterocycles. The van der Waals surface area contributed by atoms with E-state index in [-0.39, 0.29) is 16.3 Å². The molecule has 7 nitrogen and oxygen atoms in total. The zero-order valence-corrected chi connectivity index (χ0v) is 23.2. The molecule has 218 valence electrons. The van der Waals surface area contributed by atoms with Crippen molar-refractivity contribution in [1.82, 2.24) is 20.0 Å². The lowest BCUT2D eigenvalue weighted by molar-refractivity contribution is -0.137. The maximum atomic E-state index is 13.8. The van der Waals surface area contributed by atoms with Gasteiger partial charge in [0.1, 0.15) is 17.6 Å². The van der Waals surface area contributed by atoms with Crippen molar-refractivity contribution in [1.29, 1.82) is 5.26 Å². The number of hydrogen-bond donors (Lipinski definition) is 2. The van der Waals surface area contributed by atoms with Crippen LogP contribution in [0.2, 0.25) is 5.02 Å². The van der Waals surface area contributed by atoms with Crippen molar-refractivity contribution in [2.75, 3.05) is 10.6 Å². The quantitative estimate of drug-likeness (QED) is 0.165. The number of alkyl halides is 3.